The van der Waals surface area contributed by atoms with E-state index in [1.165, 1.54) is 0 Å². The van der Waals surface area contributed by atoms with E-state index in [0.29, 0.717) is 17.4 Å². The lowest BCUT2D eigenvalue weighted by Crippen LogP contribution is -1.95. The van der Waals surface area contributed by atoms with Crippen LogP contribution in [-0.4, -0.2) is 9.67 Å². The second-order valence-corrected chi connectivity index (χ2v) is 5.27. The minimum Gasteiger partial charge on any atom is -0.508 e. The number of aromatic hydroxyl groups is 1. The van der Waals surface area contributed by atoms with Crippen molar-refractivity contribution in [3.63, 3.8) is 0 Å². The second-order valence-electron chi connectivity index (χ2n) is 4.86. The molecule has 0 saturated carbocycles. The number of benzene rings is 2. The molecule has 0 unspecified atom stereocenters. The number of aromatic nitrogens is 1. The number of hydrogen-bond donors (Lipinski definition) is 1. The zero-order valence-electron chi connectivity index (χ0n) is 11.7. The average molecular weight is 302 g/mol. The highest BCUT2D eigenvalue weighted by Crippen LogP contribution is 2.28. The van der Waals surface area contributed by atoms with Crippen LogP contribution in [0.15, 0.2) is 48.7 Å². The van der Waals surface area contributed by atoms with Crippen molar-refractivity contribution in [2.24, 2.45) is 0 Å². The summed E-state index contributed by atoms with van der Waals surface area (Å²) in [5, 5.41) is 11.3. The number of ether oxygens (including phenoxy) is 1. The number of phenols is 1. The van der Waals surface area contributed by atoms with Crippen LogP contribution in [0.3, 0.4) is 0 Å². The normalized spacial score (nSPS) is 11.0. The molecule has 0 amide bonds. The molecule has 0 bridgehead atoms. The molecule has 2 aromatic carbocycles. The predicted molar refractivity (Wildman–Crippen MR) is 85.1 cm³/mol. The van der Waals surface area contributed by atoms with E-state index in [1.54, 1.807) is 18.2 Å². The predicted octanol–water partition coefficient (Wildman–Crippen LogP) is 4.60. The fraction of sp³-hybridized carbons (Fsp3) is 0.176. The third-order valence-electron chi connectivity index (χ3n) is 3.51. The number of para-hydroxylation sites is 1. The van der Waals surface area contributed by atoms with Crippen LogP contribution < -0.4 is 4.74 Å². The third-order valence-corrected chi connectivity index (χ3v) is 3.82. The maximum absolute atomic E-state index is 9.69. The molecular formula is C17H16ClNO2. The lowest BCUT2D eigenvalue weighted by Gasteiger charge is -2.07. The molecule has 0 aliphatic rings. The summed E-state index contributed by atoms with van der Waals surface area (Å²) in [6.45, 7) is 3.37. The molecule has 21 heavy (non-hydrogen) atoms. The van der Waals surface area contributed by atoms with Crippen molar-refractivity contribution in [1.29, 1.82) is 0 Å². The first-order valence-electron chi connectivity index (χ1n) is 6.87. The average Bonchev–Trinajstić information content (AvgIpc) is 2.83. The third kappa shape index (κ3) is 2.69. The highest BCUT2D eigenvalue weighted by molar-refractivity contribution is 6.32. The summed E-state index contributed by atoms with van der Waals surface area (Å²) in [7, 11) is 0. The molecular weight excluding hydrogens is 286 g/mol. The van der Waals surface area contributed by atoms with E-state index in [4.69, 9.17) is 16.3 Å². The van der Waals surface area contributed by atoms with Crippen LogP contribution in [0.25, 0.3) is 10.9 Å². The molecule has 3 aromatic rings. The fourth-order valence-electron chi connectivity index (χ4n) is 2.45. The van der Waals surface area contributed by atoms with Crippen molar-refractivity contribution in [3.8, 4) is 11.5 Å². The Morgan fingerprint density at radius 2 is 2.00 bits per heavy atom. The quantitative estimate of drug-likeness (QED) is 0.764. The van der Waals surface area contributed by atoms with E-state index in [1.807, 2.05) is 24.3 Å². The standard InChI is InChI=1S/C17H16ClNO2/c1-2-19-10-12(14-9-13(20)7-8-16(14)19)11-21-17-6-4-3-5-15(17)18/h3-10,20H,2,11H2,1H3. The number of aryl methyl sites for hydroxylation is 1. The largest absolute Gasteiger partial charge is 0.508 e. The number of halogens is 1. The zero-order chi connectivity index (χ0) is 14.8. The molecule has 3 rings (SSSR count). The van der Waals surface area contributed by atoms with Gasteiger partial charge in [-0.1, -0.05) is 23.7 Å². The molecule has 1 aromatic heterocycles. The van der Waals surface area contributed by atoms with Gasteiger partial charge in [-0.25, -0.2) is 0 Å². The molecule has 0 saturated heterocycles. The summed E-state index contributed by atoms with van der Waals surface area (Å²) >= 11 is 6.10. The van der Waals surface area contributed by atoms with Gasteiger partial charge in [0.2, 0.25) is 0 Å². The highest BCUT2D eigenvalue weighted by atomic mass is 35.5. The monoisotopic (exact) mass is 301 g/mol. The van der Waals surface area contributed by atoms with Crippen molar-refractivity contribution in [2.45, 2.75) is 20.1 Å². The van der Waals surface area contributed by atoms with Gasteiger partial charge < -0.3 is 14.4 Å². The smallest absolute Gasteiger partial charge is 0.138 e. The van der Waals surface area contributed by atoms with Gasteiger partial charge in [0.1, 0.15) is 18.1 Å². The van der Waals surface area contributed by atoms with Crippen LogP contribution in [0.2, 0.25) is 5.02 Å². The summed E-state index contributed by atoms with van der Waals surface area (Å²) in [5.74, 6) is 0.923. The maximum atomic E-state index is 9.69. The number of fused-ring (bicyclic) bond motifs is 1. The second kappa shape index (κ2) is 5.70. The molecule has 4 heteroatoms. The van der Waals surface area contributed by atoms with Gasteiger partial charge >= 0.3 is 0 Å². The van der Waals surface area contributed by atoms with E-state index in [9.17, 15) is 5.11 Å². The van der Waals surface area contributed by atoms with Crippen LogP contribution in [0.4, 0.5) is 0 Å². The summed E-state index contributed by atoms with van der Waals surface area (Å²) in [6, 6.07) is 12.8. The maximum Gasteiger partial charge on any atom is 0.138 e. The summed E-state index contributed by atoms with van der Waals surface area (Å²) in [6.07, 6.45) is 2.06. The number of phenolic OH excluding ortho intramolecular Hbond substituents is 1. The number of rotatable bonds is 4. The first kappa shape index (κ1) is 13.8. The first-order valence-corrected chi connectivity index (χ1v) is 7.25. The van der Waals surface area contributed by atoms with Crippen LogP contribution >= 0.6 is 11.6 Å². The molecule has 0 aliphatic heterocycles. The number of hydrogen-bond acceptors (Lipinski definition) is 2. The topological polar surface area (TPSA) is 34.4 Å². The molecule has 0 fully saturated rings. The Morgan fingerprint density at radius 3 is 2.76 bits per heavy atom. The molecule has 0 aliphatic carbocycles. The van der Waals surface area contributed by atoms with Gasteiger partial charge in [0.05, 0.1) is 5.02 Å². The SMILES string of the molecule is CCn1cc(COc2ccccc2Cl)c2cc(O)ccc21. The van der Waals surface area contributed by atoms with Crippen LogP contribution in [-0.2, 0) is 13.2 Å². The first-order chi connectivity index (χ1) is 10.2. The Bertz CT molecular complexity index is 780. The fourth-order valence-corrected chi connectivity index (χ4v) is 2.64. The van der Waals surface area contributed by atoms with Crippen molar-refractivity contribution in [1.82, 2.24) is 4.57 Å². The van der Waals surface area contributed by atoms with Gasteiger partial charge in [0.25, 0.3) is 0 Å². The van der Waals surface area contributed by atoms with E-state index in [-0.39, 0.29) is 5.75 Å². The van der Waals surface area contributed by atoms with Crippen molar-refractivity contribution in [3.05, 3.63) is 59.2 Å². The molecule has 1 N–H and O–H groups in total. The van der Waals surface area contributed by atoms with Gasteiger partial charge in [-0.2, -0.15) is 0 Å². The Kier molecular flexibility index (Phi) is 3.76. The van der Waals surface area contributed by atoms with Gasteiger partial charge in [-0.3, -0.25) is 0 Å². The molecule has 108 valence electrons. The van der Waals surface area contributed by atoms with Crippen LogP contribution in [0.5, 0.6) is 11.5 Å². The molecule has 1 heterocycles. The lowest BCUT2D eigenvalue weighted by molar-refractivity contribution is 0.307. The van der Waals surface area contributed by atoms with Crippen molar-refractivity contribution < 1.29 is 9.84 Å². The lowest BCUT2D eigenvalue weighted by atomic mass is 10.2. The van der Waals surface area contributed by atoms with E-state index in [2.05, 4.69) is 17.7 Å². The summed E-state index contributed by atoms with van der Waals surface area (Å²) < 4.78 is 7.94. The Balaban J connectivity index is 1.93. The van der Waals surface area contributed by atoms with E-state index < -0.39 is 0 Å². The minimum absolute atomic E-state index is 0.260. The Labute approximate surface area is 128 Å². The van der Waals surface area contributed by atoms with E-state index in [0.717, 1.165) is 23.0 Å². The molecule has 3 nitrogen and oxygen atoms in total. The minimum atomic E-state index is 0.260. The summed E-state index contributed by atoms with van der Waals surface area (Å²) in [5.41, 5.74) is 2.12. The van der Waals surface area contributed by atoms with Gasteiger partial charge in [0.15, 0.2) is 0 Å². The van der Waals surface area contributed by atoms with Crippen molar-refractivity contribution >= 4 is 22.5 Å². The van der Waals surface area contributed by atoms with Crippen LogP contribution in [0, 0.1) is 0 Å². The zero-order valence-corrected chi connectivity index (χ0v) is 12.5. The highest BCUT2D eigenvalue weighted by Gasteiger charge is 2.10. The number of nitrogens with zero attached hydrogens (tertiary/aromatic N) is 1. The summed E-state index contributed by atoms with van der Waals surface area (Å²) in [4.78, 5) is 0. The van der Waals surface area contributed by atoms with Gasteiger partial charge in [-0.05, 0) is 37.3 Å². The Morgan fingerprint density at radius 1 is 1.19 bits per heavy atom. The van der Waals surface area contributed by atoms with Crippen LogP contribution in [0.1, 0.15) is 12.5 Å². The van der Waals surface area contributed by atoms with Crippen molar-refractivity contribution in [2.75, 3.05) is 0 Å². The molecule has 0 spiro atoms. The van der Waals surface area contributed by atoms with Gasteiger partial charge in [0, 0.05) is 29.2 Å². The van der Waals surface area contributed by atoms with E-state index >= 15 is 0 Å². The molecule has 0 radical (unpaired) electrons. The van der Waals surface area contributed by atoms with Gasteiger partial charge in [-0.15, -0.1) is 0 Å². The molecule has 0 atom stereocenters. The Hall–Kier alpha value is -2.13.